The molecule has 7 nitrogen and oxygen atoms in total. The molecule has 35 heavy (non-hydrogen) atoms. The van der Waals surface area contributed by atoms with Gasteiger partial charge >= 0.3 is 0 Å². The Morgan fingerprint density at radius 2 is 1.80 bits per heavy atom. The minimum Gasteiger partial charge on any atom is -0.287 e. The van der Waals surface area contributed by atoms with Crippen molar-refractivity contribution in [3.63, 3.8) is 0 Å². The second-order valence-electron chi connectivity index (χ2n) is 8.19. The average Bonchev–Trinajstić information content (AvgIpc) is 3.41. The van der Waals surface area contributed by atoms with Crippen molar-refractivity contribution < 1.29 is 14.4 Å². The Balaban J connectivity index is 1.15. The van der Waals surface area contributed by atoms with E-state index in [0.29, 0.717) is 11.3 Å². The molecule has 9 heteroatoms. The minimum atomic E-state index is -0.808. The molecule has 0 saturated carbocycles. The fourth-order valence-corrected chi connectivity index (χ4v) is 5.77. The summed E-state index contributed by atoms with van der Waals surface area (Å²) in [5.74, 6) is -0.320. The SMILES string of the molecule is Cc1ccc(N2C(=O)C[C@@H](NNC(=O)c3ccc(CSc4nc5ccccc5s4)cc3)C2=O)cc1. The molecule has 3 amide bonds. The van der Waals surface area contributed by atoms with Crippen molar-refractivity contribution in [1.29, 1.82) is 0 Å². The molecule has 0 spiro atoms. The van der Waals surface area contributed by atoms with E-state index in [1.165, 1.54) is 4.70 Å². The molecule has 1 saturated heterocycles. The molecular weight excluding hydrogens is 480 g/mol. The number of anilines is 1. The van der Waals surface area contributed by atoms with Crippen LogP contribution in [0.4, 0.5) is 5.69 Å². The number of carbonyl (C=O) groups is 3. The van der Waals surface area contributed by atoms with Crippen LogP contribution in [0.3, 0.4) is 0 Å². The van der Waals surface area contributed by atoms with Gasteiger partial charge in [-0.25, -0.2) is 15.3 Å². The molecule has 0 radical (unpaired) electrons. The van der Waals surface area contributed by atoms with Crippen LogP contribution in [-0.2, 0) is 15.3 Å². The summed E-state index contributed by atoms with van der Waals surface area (Å²) in [5, 5.41) is 0. The van der Waals surface area contributed by atoms with E-state index in [4.69, 9.17) is 0 Å². The maximum atomic E-state index is 12.7. The third-order valence-corrected chi connectivity index (χ3v) is 7.90. The minimum absolute atomic E-state index is 0.0189. The first-order valence-electron chi connectivity index (χ1n) is 11.0. The third-order valence-electron chi connectivity index (χ3n) is 5.65. The maximum absolute atomic E-state index is 12.7. The number of thiazole rings is 1. The Hall–Kier alpha value is -3.53. The van der Waals surface area contributed by atoms with E-state index in [2.05, 4.69) is 21.9 Å². The van der Waals surface area contributed by atoms with Gasteiger partial charge in [0.1, 0.15) is 6.04 Å². The molecule has 1 aliphatic rings. The summed E-state index contributed by atoms with van der Waals surface area (Å²) in [7, 11) is 0. The Kier molecular flexibility index (Phi) is 6.63. The molecule has 1 aromatic heterocycles. The smallest absolute Gasteiger partial charge is 0.265 e. The van der Waals surface area contributed by atoms with E-state index < -0.39 is 6.04 Å². The lowest BCUT2D eigenvalue weighted by atomic mass is 10.1. The molecule has 2 heterocycles. The Bertz CT molecular complexity index is 1370. The molecule has 0 unspecified atom stereocenters. The van der Waals surface area contributed by atoms with Crippen LogP contribution in [0.5, 0.6) is 0 Å². The van der Waals surface area contributed by atoms with E-state index in [0.717, 1.165) is 31.6 Å². The zero-order valence-electron chi connectivity index (χ0n) is 18.9. The monoisotopic (exact) mass is 502 g/mol. The highest BCUT2D eigenvalue weighted by Crippen LogP contribution is 2.31. The van der Waals surface area contributed by atoms with Crippen molar-refractivity contribution >= 4 is 56.7 Å². The molecule has 1 atom stereocenters. The van der Waals surface area contributed by atoms with E-state index in [1.54, 1.807) is 47.4 Å². The number of thioether (sulfide) groups is 1. The highest BCUT2D eigenvalue weighted by atomic mass is 32.2. The van der Waals surface area contributed by atoms with Gasteiger partial charge in [0.2, 0.25) is 5.91 Å². The van der Waals surface area contributed by atoms with Crippen molar-refractivity contribution in [3.05, 3.63) is 89.5 Å². The van der Waals surface area contributed by atoms with Gasteiger partial charge in [0, 0.05) is 11.3 Å². The molecular formula is C26H22N4O3S2. The molecule has 176 valence electrons. The highest BCUT2D eigenvalue weighted by molar-refractivity contribution is 8.00. The number of hydrogen-bond acceptors (Lipinski definition) is 7. The zero-order chi connectivity index (χ0) is 24.4. The molecule has 0 bridgehead atoms. The number of rotatable bonds is 7. The van der Waals surface area contributed by atoms with Gasteiger partial charge in [0.25, 0.3) is 11.8 Å². The van der Waals surface area contributed by atoms with Gasteiger partial charge in [-0.2, -0.15) is 0 Å². The highest BCUT2D eigenvalue weighted by Gasteiger charge is 2.39. The quantitative estimate of drug-likeness (QED) is 0.220. The summed E-state index contributed by atoms with van der Waals surface area (Å²) in [4.78, 5) is 43.5. The lowest BCUT2D eigenvalue weighted by Gasteiger charge is -2.16. The summed E-state index contributed by atoms with van der Waals surface area (Å²) in [6.45, 7) is 1.94. The van der Waals surface area contributed by atoms with Crippen LogP contribution in [0, 0.1) is 6.92 Å². The number of nitrogens with one attached hydrogen (secondary N) is 2. The van der Waals surface area contributed by atoms with Gasteiger partial charge in [-0.15, -0.1) is 11.3 Å². The van der Waals surface area contributed by atoms with Crippen LogP contribution >= 0.6 is 23.1 Å². The number of benzene rings is 3. The normalized spacial score (nSPS) is 15.7. The van der Waals surface area contributed by atoms with Crippen molar-refractivity contribution in [3.8, 4) is 0 Å². The summed E-state index contributed by atoms with van der Waals surface area (Å²) < 4.78 is 2.17. The fourth-order valence-electron chi connectivity index (χ4n) is 3.74. The Labute approximate surface area is 210 Å². The number of fused-ring (bicyclic) bond motifs is 1. The summed E-state index contributed by atoms with van der Waals surface area (Å²) in [6.07, 6.45) is -0.0189. The standard InChI is InChI=1S/C26H22N4O3S2/c1-16-6-12-19(13-7-16)30-23(31)14-21(25(30)33)28-29-24(32)18-10-8-17(9-11-18)15-34-26-27-20-4-2-3-5-22(20)35-26/h2-13,21,28H,14-15H2,1H3,(H,29,32)/t21-/m1/s1. The van der Waals surface area contributed by atoms with Crippen LogP contribution in [0.2, 0.25) is 0 Å². The molecule has 1 fully saturated rings. The second kappa shape index (κ2) is 9.99. The molecule has 4 aromatic rings. The van der Waals surface area contributed by atoms with Crippen molar-refractivity contribution in [2.45, 2.75) is 29.5 Å². The van der Waals surface area contributed by atoms with Crippen LogP contribution in [-0.4, -0.2) is 28.7 Å². The summed E-state index contributed by atoms with van der Waals surface area (Å²) in [5.41, 5.74) is 9.39. The number of nitrogens with zero attached hydrogens (tertiary/aromatic N) is 2. The Morgan fingerprint density at radius 1 is 1.06 bits per heavy atom. The fraction of sp³-hybridized carbons (Fsp3) is 0.154. The number of aromatic nitrogens is 1. The maximum Gasteiger partial charge on any atom is 0.265 e. The van der Waals surface area contributed by atoms with Gasteiger partial charge in [0.15, 0.2) is 4.34 Å². The van der Waals surface area contributed by atoms with Crippen molar-refractivity contribution in [2.75, 3.05) is 4.90 Å². The first-order chi connectivity index (χ1) is 17.0. The lowest BCUT2D eigenvalue weighted by Crippen LogP contribution is -2.48. The Morgan fingerprint density at radius 3 is 2.54 bits per heavy atom. The summed E-state index contributed by atoms with van der Waals surface area (Å²) >= 11 is 3.33. The lowest BCUT2D eigenvalue weighted by molar-refractivity contribution is -0.121. The number of aryl methyl sites for hydroxylation is 1. The predicted molar refractivity (Wildman–Crippen MR) is 138 cm³/mol. The van der Waals surface area contributed by atoms with E-state index in [9.17, 15) is 14.4 Å². The van der Waals surface area contributed by atoms with Crippen molar-refractivity contribution in [1.82, 2.24) is 15.8 Å². The third kappa shape index (κ3) is 5.12. The topological polar surface area (TPSA) is 91.4 Å². The van der Waals surface area contributed by atoms with Gasteiger partial charge < -0.3 is 0 Å². The first kappa shape index (κ1) is 23.2. The molecule has 2 N–H and O–H groups in total. The molecule has 3 aromatic carbocycles. The van der Waals surface area contributed by atoms with Crippen LogP contribution < -0.4 is 15.8 Å². The second-order valence-corrected chi connectivity index (χ2v) is 10.4. The number of para-hydroxylation sites is 1. The van der Waals surface area contributed by atoms with E-state index >= 15 is 0 Å². The molecule has 0 aliphatic carbocycles. The first-order valence-corrected chi connectivity index (χ1v) is 12.8. The van der Waals surface area contributed by atoms with Crippen LogP contribution in [0.25, 0.3) is 10.2 Å². The summed E-state index contributed by atoms with van der Waals surface area (Å²) in [6, 6.07) is 21.7. The molecule has 1 aliphatic heterocycles. The van der Waals surface area contributed by atoms with Gasteiger partial charge in [-0.05, 0) is 48.9 Å². The van der Waals surface area contributed by atoms with E-state index in [-0.39, 0.29) is 24.1 Å². The van der Waals surface area contributed by atoms with Gasteiger partial charge in [-0.3, -0.25) is 19.8 Å². The van der Waals surface area contributed by atoms with Crippen LogP contribution in [0.15, 0.2) is 77.1 Å². The zero-order valence-corrected chi connectivity index (χ0v) is 20.5. The number of hydrazine groups is 1. The van der Waals surface area contributed by atoms with Gasteiger partial charge in [0.05, 0.1) is 22.3 Å². The average molecular weight is 503 g/mol. The number of imide groups is 1. The van der Waals surface area contributed by atoms with Crippen LogP contribution in [0.1, 0.15) is 27.9 Å². The van der Waals surface area contributed by atoms with E-state index in [1.807, 2.05) is 49.4 Å². The largest absolute Gasteiger partial charge is 0.287 e. The predicted octanol–water partition coefficient (Wildman–Crippen LogP) is 4.46. The molecule has 5 rings (SSSR count). The van der Waals surface area contributed by atoms with Gasteiger partial charge in [-0.1, -0.05) is 53.7 Å². The number of amides is 3. The number of hydrogen-bond donors (Lipinski definition) is 2. The van der Waals surface area contributed by atoms with Crippen molar-refractivity contribution in [2.24, 2.45) is 0 Å². The number of carbonyl (C=O) groups excluding carboxylic acids is 3.